The van der Waals surface area contributed by atoms with Gasteiger partial charge in [-0.15, -0.1) is 11.3 Å². The average molecular weight is 324 g/mol. The Morgan fingerprint density at radius 1 is 1.42 bits per heavy atom. The molecule has 7 heteroatoms. The number of carbonyl (C=O) groups is 1. The van der Waals surface area contributed by atoms with Crippen LogP contribution in [0.1, 0.15) is 25.1 Å². The number of hydrogen-bond donors (Lipinski definition) is 0. The molecule has 0 aliphatic carbocycles. The fraction of sp³-hybridized carbons (Fsp3) is 0.583. The molecule has 0 spiro atoms. The first-order valence-electron chi connectivity index (χ1n) is 5.97. The smallest absolute Gasteiger partial charge is 0.270 e. The van der Waals surface area contributed by atoms with Crippen molar-refractivity contribution in [3.8, 4) is 0 Å². The van der Waals surface area contributed by atoms with Crippen molar-refractivity contribution in [2.45, 2.75) is 30.9 Å². The van der Waals surface area contributed by atoms with Crippen molar-refractivity contribution < 1.29 is 13.2 Å². The van der Waals surface area contributed by atoms with E-state index in [1.54, 1.807) is 18.0 Å². The summed E-state index contributed by atoms with van der Waals surface area (Å²) in [5.74, 6) is 0.533. The lowest BCUT2D eigenvalue weighted by Gasteiger charge is -2.17. The van der Waals surface area contributed by atoms with Crippen LogP contribution in [0.5, 0.6) is 0 Å². The lowest BCUT2D eigenvalue weighted by Crippen LogP contribution is -2.29. The van der Waals surface area contributed by atoms with E-state index in [0.717, 1.165) is 17.8 Å². The molecule has 0 saturated carbocycles. The van der Waals surface area contributed by atoms with Crippen LogP contribution >= 0.6 is 22.0 Å². The van der Waals surface area contributed by atoms with Crippen molar-refractivity contribution in [3.05, 3.63) is 17.0 Å². The van der Waals surface area contributed by atoms with Gasteiger partial charge in [0, 0.05) is 29.2 Å². The van der Waals surface area contributed by atoms with Gasteiger partial charge in [-0.1, -0.05) is 13.8 Å². The quantitative estimate of drug-likeness (QED) is 0.756. The minimum atomic E-state index is -3.69. The highest BCUT2D eigenvalue weighted by molar-refractivity contribution is 8.15. The highest BCUT2D eigenvalue weighted by Crippen LogP contribution is 2.25. The third-order valence-electron chi connectivity index (χ3n) is 2.67. The molecule has 1 amide bonds. The van der Waals surface area contributed by atoms with Crippen LogP contribution in [0.25, 0.3) is 0 Å². The molecule has 1 heterocycles. The molecule has 0 radical (unpaired) electrons. The number of carbonyl (C=O) groups excluding carboxylic acids is 1. The predicted molar refractivity (Wildman–Crippen MR) is 78.2 cm³/mol. The summed E-state index contributed by atoms with van der Waals surface area (Å²) in [6.07, 6.45) is 1.17. The Balaban J connectivity index is 2.60. The van der Waals surface area contributed by atoms with E-state index in [2.05, 4.69) is 13.8 Å². The van der Waals surface area contributed by atoms with E-state index < -0.39 is 9.05 Å². The summed E-state index contributed by atoms with van der Waals surface area (Å²) in [5, 5.41) is 0. The molecule has 0 N–H and O–H groups in total. The Morgan fingerprint density at radius 2 is 2.05 bits per heavy atom. The van der Waals surface area contributed by atoms with Crippen LogP contribution in [-0.2, 0) is 20.3 Å². The molecular weight excluding hydrogens is 306 g/mol. The van der Waals surface area contributed by atoms with Crippen molar-refractivity contribution in [2.24, 2.45) is 5.92 Å². The van der Waals surface area contributed by atoms with Crippen molar-refractivity contribution in [1.82, 2.24) is 4.90 Å². The van der Waals surface area contributed by atoms with Crippen LogP contribution in [0.15, 0.2) is 16.3 Å². The van der Waals surface area contributed by atoms with Gasteiger partial charge in [-0.2, -0.15) is 0 Å². The normalized spacial score (nSPS) is 11.8. The van der Waals surface area contributed by atoms with Gasteiger partial charge in [0.15, 0.2) is 0 Å². The highest BCUT2D eigenvalue weighted by Gasteiger charge is 2.16. The molecule has 1 aromatic heterocycles. The van der Waals surface area contributed by atoms with Crippen LogP contribution in [0.2, 0.25) is 0 Å². The maximum absolute atomic E-state index is 11.9. The minimum absolute atomic E-state index is 0.0129. The number of rotatable bonds is 6. The third-order valence-corrected chi connectivity index (χ3v) is 5.85. The van der Waals surface area contributed by atoms with Crippen molar-refractivity contribution in [1.29, 1.82) is 0 Å². The second kappa shape index (κ2) is 6.72. The van der Waals surface area contributed by atoms with Gasteiger partial charge in [0.2, 0.25) is 5.91 Å². The van der Waals surface area contributed by atoms with Crippen LogP contribution in [0, 0.1) is 5.92 Å². The first kappa shape index (κ1) is 16.5. The van der Waals surface area contributed by atoms with Gasteiger partial charge in [0.05, 0.1) is 6.42 Å². The molecule has 0 bridgehead atoms. The second-order valence-electron chi connectivity index (χ2n) is 4.83. The molecule has 0 unspecified atom stereocenters. The van der Waals surface area contributed by atoms with Gasteiger partial charge in [-0.3, -0.25) is 4.79 Å². The van der Waals surface area contributed by atoms with Crippen LogP contribution in [-0.4, -0.2) is 32.8 Å². The molecular formula is C12H18ClNO3S2. The summed E-state index contributed by atoms with van der Waals surface area (Å²) >= 11 is 1.04. The predicted octanol–water partition coefficient (Wildman–Crippen LogP) is 2.72. The first-order valence-corrected chi connectivity index (χ1v) is 9.10. The molecule has 0 atom stereocenters. The third kappa shape index (κ3) is 5.50. The number of hydrogen-bond acceptors (Lipinski definition) is 4. The Hall–Kier alpha value is -0.590. The maximum Gasteiger partial charge on any atom is 0.270 e. The van der Waals surface area contributed by atoms with Gasteiger partial charge >= 0.3 is 0 Å². The number of halogens is 1. The van der Waals surface area contributed by atoms with Crippen molar-refractivity contribution in [3.63, 3.8) is 0 Å². The van der Waals surface area contributed by atoms with E-state index in [4.69, 9.17) is 10.7 Å². The Bertz CT molecular complexity index is 537. The number of likely N-dealkylation sites (N-methyl/N-ethyl adjacent to an activating group) is 1. The number of nitrogens with zero attached hydrogens (tertiary/aromatic N) is 1. The van der Waals surface area contributed by atoms with E-state index in [1.807, 2.05) is 0 Å². The van der Waals surface area contributed by atoms with E-state index in [0.29, 0.717) is 17.3 Å². The summed E-state index contributed by atoms with van der Waals surface area (Å²) in [6.45, 7) is 4.92. The zero-order valence-electron chi connectivity index (χ0n) is 11.2. The molecule has 0 aromatic carbocycles. The Labute approximate surface area is 122 Å². The van der Waals surface area contributed by atoms with Crippen LogP contribution in [0.3, 0.4) is 0 Å². The monoisotopic (exact) mass is 323 g/mol. The molecule has 4 nitrogen and oxygen atoms in total. The molecule has 0 fully saturated rings. The minimum Gasteiger partial charge on any atom is -0.345 e. The molecule has 0 aliphatic heterocycles. The van der Waals surface area contributed by atoms with Gasteiger partial charge in [0.1, 0.15) is 4.21 Å². The molecule has 1 aromatic rings. The van der Waals surface area contributed by atoms with E-state index in [-0.39, 0.29) is 16.5 Å². The summed E-state index contributed by atoms with van der Waals surface area (Å²) in [6, 6.07) is 3.07. The van der Waals surface area contributed by atoms with Gasteiger partial charge in [0.25, 0.3) is 9.05 Å². The highest BCUT2D eigenvalue weighted by atomic mass is 35.7. The van der Waals surface area contributed by atoms with Gasteiger partial charge < -0.3 is 4.90 Å². The standard InChI is InChI=1S/C12H18ClNO3S2/c1-9(2)6-7-14(3)11(15)8-10-4-5-12(18-10)19(13,16)17/h4-5,9H,6-8H2,1-3H3. The molecule has 108 valence electrons. The lowest BCUT2D eigenvalue weighted by atomic mass is 10.1. The zero-order valence-corrected chi connectivity index (χ0v) is 13.6. The molecule has 1 rings (SSSR count). The van der Waals surface area contributed by atoms with Crippen molar-refractivity contribution >= 4 is 37.0 Å². The Kier molecular flexibility index (Phi) is 5.82. The van der Waals surface area contributed by atoms with Crippen LogP contribution in [0.4, 0.5) is 0 Å². The SMILES string of the molecule is CC(C)CCN(C)C(=O)Cc1ccc(S(=O)(=O)Cl)s1. The van der Waals surface area contributed by atoms with Crippen molar-refractivity contribution in [2.75, 3.05) is 13.6 Å². The largest absolute Gasteiger partial charge is 0.345 e. The van der Waals surface area contributed by atoms with E-state index in [9.17, 15) is 13.2 Å². The topological polar surface area (TPSA) is 54.5 Å². The second-order valence-corrected chi connectivity index (χ2v) is 8.79. The molecule has 0 aliphatic rings. The summed E-state index contributed by atoms with van der Waals surface area (Å²) in [7, 11) is 3.31. The van der Waals surface area contributed by atoms with Crippen LogP contribution < -0.4 is 0 Å². The molecule has 0 saturated heterocycles. The van der Waals surface area contributed by atoms with E-state index in [1.165, 1.54) is 6.07 Å². The first-order chi connectivity index (χ1) is 8.70. The maximum atomic E-state index is 11.9. The zero-order chi connectivity index (χ0) is 14.6. The number of thiophene rings is 1. The fourth-order valence-electron chi connectivity index (χ4n) is 1.44. The Morgan fingerprint density at radius 3 is 2.53 bits per heavy atom. The summed E-state index contributed by atoms with van der Waals surface area (Å²) in [5.41, 5.74) is 0. The van der Waals surface area contributed by atoms with Gasteiger partial charge in [-0.25, -0.2) is 8.42 Å². The summed E-state index contributed by atoms with van der Waals surface area (Å²) < 4.78 is 22.3. The number of amides is 1. The molecule has 19 heavy (non-hydrogen) atoms. The van der Waals surface area contributed by atoms with Gasteiger partial charge in [-0.05, 0) is 24.5 Å². The lowest BCUT2D eigenvalue weighted by molar-refractivity contribution is -0.129. The summed E-state index contributed by atoms with van der Waals surface area (Å²) in [4.78, 5) is 14.3. The fourth-order valence-corrected chi connectivity index (χ4v) is 3.56. The average Bonchev–Trinajstić information content (AvgIpc) is 2.73. The van der Waals surface area contributed by atoms with E-state index >= 15 is 0 Å².